The van der Waals surface area contributed by atoms with Crippen molar-refractivity contribution in [3.05, 3.63) is 180 Å². The second-order valence-corrected chi connectivity index (χ2v) is 49.3. The molecule has 10 aromatic carbocycles. The number of hydrogen-bond acceptors (Lipinski definition) is 41. The molecule has 0 heterocycles. The van der Waals surface area contributed by atoms with Gasteiger partial charge < -0.3 is 134 Å². The molecule has 0 radical (unpaired) electrons. The maximum atomic E-state index is 12.4. The summed E-state index contributed by atoms with van der Waals surface area (Å²) in [6, 6.07) is 54.5. The number of esters is 3. The van der Waals surface area contributed by atoms with Gasteiger partial charge in [-0.3, -0.25) is 38.1 Å². The van der Waals surface area contributed by atoms with Crippen LogP contribution in [0.25, 0.3) is 64.6 Å². The third-order valence-electron chi connectivity index (χ3n) is 18.8. The van der Waals surface area contributed by atoms with Gasteiger partial charge in [0.2, 0.25) is 17.2 Å². The first-order valence-electron chi connectivity index (χ1n) is 43.5. The fourth-order valence-electron chi connectivity index (χ4n) is 11.8. The van der Waals surface area contributed by atoms with Crippen molar-refractivity contribution in [2.45, 2.75) is 101 Å². The highest BCUT2D eigenvalue weighted by molar-refractivity contribution is 14.1. The number of unbranched alkanes of at least 4 members (excludes halogenated alkanes) is 1. The van der Waals surface area contributed by atoms with Crippen molar-refractivity contribution in [1.29, 1.82) is 5.26 Å². The molecule has 144 heavy (non-hydrogen) atoms. The molecule has 0 aliphatic carbocycles. The van der Waals surface area contributed by atoms with Crippen LogP contribution in [0.4, 0.5) is 0 Å². The molecule has 2 atom stereocenters. The van der Waals surface area contributed by atoms with Gasteiger partial charge >= 0.3 is 38.1 Å². The monoisotopic (exact) mass is 2350 g/mol. The summed E-state index contributed by atoms with van der Waals surface area (Å²) in [5.74, 6) is 5.54. The lowest BCUT2D eigenvalue weighted by molar-refractivity contribution is -0.319. The SMILES string of the molecule is CCCC#N.CCCN(CCC)C(=O)c1ccc(OC)cc1.CCCNC(=O)c1ccc(OC)cc1.CCOC(=O)C(COC(C)=O)(COP(=S)(OC)OC)C(=O)OCC.CCOP(=S)(OC)OC.COP(=O)([O-])SCC(=O)NCc1ccc2ccc3cccc4ccc1c2c34.COP(=S)(OC)OC.COP(C)(=S)OCO.COP([O-])([O-])=S.NO.NO.O=C(CI)NCc1ccc2ccc3cccc4ccc1c2c34. The summed E-state index contributed by atoms with van der Waals surface area (Å²) in [6.07, 6.45) is 4.60. The highest BCUT2D eigenvalue weighted by Gasteiger charge is 2.52. The van der Waals surface area contributed by atoms with Crippen molar-refractivity contribution in [2.75, 3.05) is 162 Å². The molecule has 0 saturated carbocycles. The van der Waals surface area contributed by atoms with Crippen LogP contribution in [0.3, 0.4) is 0 Å². The summed E-state index contributed by atoms with van der Waals surface area (Å²) in [5.41, 5.74) is 1.53. The zero-order valence-electron chi connectivity index (χ0n) is 84.5. The number of rotatable bonds is 42. The van der Waals surface area contributed by atoms with Crippen LogP contribution in [-0.2, 0) is 174 Å². The number of ether oxygens (including phenoxy) is 5. The Bertz CT molecular complexity index is 5700. The summed E-state index contributed by atoms with van der Waals surface area (Å²) in [5, 5.41) is 52.3. The minimum absolute atomic E-state index is 0.00275. The second kappa shape index (κ2) is 76.8. The molecule has 4 amide bonds. The zero-order valence-corrected chi connectivity index (χ0v) is 96.9. The fourth-order valence-corrected chi connectivity index (χ4v) is 16.4. The van der Waals surface area contributed by atoms with Crippen LogP contribution < -0.4 is 51.9 Å². The van der Waals surface area contributed by atoms with Gasteiger partial charge in [0.1, 0.15) is 18.1 Å². The number of carbonyl (C=O) groups excluding carboxylic acids is 7. The Kier molecular flexibility index (Phi) is 74.4. The molecule has 0 aliphatic heterocycles. The number of alkyl halides is 1. The Labute approximate surface area is 886 Å². The topological polar surface area (TPSA) is 548 Å². The number of amides is 4. The molecule has 806 valence electrons. The van der Waals surface area contributed by atoms with Crippen molar-refractivity contribution in [2.24, 2.45) is 17.2 Å². The first-order chi connectivity index (χ1) is 68.4. The minimum Gasteiger partial charge on any atom is -0.812 e. The van der Waals surface area contributed by atoms with Crippen LogP contribution in [0.5, 0.6) is 11.5 Å². The molecule has 39 nitrogen and oxygen atoms in total. The lowest BCUT2D eigenvalue weighted by Gasteiger charge is -2.31. The molecular weight excluding hydrogens is 2220 g/mol. The van der Waals surface area contributed by atoms with Gasteiger partial charge in [-0.25, -0.2) is 11.8 Å². The number of aliphatic hydroxyl groups is 1. The van der Waals surface area contributed by atoms with E-state index in [0.29, 0.717) is 54.0 Å². The molecule has 0 aromatic heterocycles. The Morgan fingerprint density at radius 3 is 1.15 bits per heavy atom. The predicted molar refractivity (Wildman–Crippen MR) is 586 cm³/mol. The number of methoxy groups -OCH3 is 2. The van der Waals surface area contributed by atoms with E-state index in [1.807, 2.05) is 62.1 Å². The summed E-state index contributed by atoms with van der Waals surface area (Å²) in [4.78, 5) is 116. The van der Waals surface area contributed by atoms with E-state index < -0.39 is 76.7 Å². The quantitative estimate of drug-likeness (QED) is 0.00203. The number of nitrogens with one attached hydrogen (secondary N) is 3. The number of aliphatic hydroxyl groups excluding tert-OH is 1. The molecule has 52 heteroatoms. The normalized spacial score (nSPS) is 11.6. The van der Waals surface area contributed by atoms with Gasteiger partial charge in [-0.2, -0.15) is 5.26 Å². The van der Waals surface area contributed by atoms with Gasteiger partial charge in [-0.05, 0) is 218 Å². The zero-order chi connectivity index (χ0) is 110. The van der Waals surface area contributed by atoms with Crippen LogP contribution in [-0.4, -0.2) is 224 Å². The summed E-state index contributed by atoms with van der Waals surface area (Å²) < 4.78 is 98.1. The predicted octanol–water partition coefficient (Wildman–Crippen LogP) is 16.5. The average molecular weight is 2360 g/mol. The number of nitriles is 1. The number of hydrogen-bond donors (Lipinski definition) is 8. The van der Waals surface area contributed by atoms with E-state index in [-0.39, 0.29) is 49.4 Å². The molecule has 0 saturated heterocycles. The van der Waals surface area contributed by atoms with Crippen molar-refractivity contribution in [1.82, 2.24) is 20.9 Å². The molecule has 0 bridgehead atoms. The molecule has 10 N–H and O–H groups in total. The lowest BCUT2D eigenvalue weighted by atomic mass is 9.90. The van der Waals surface area contributed by atoms with Crippen molar-refractivity contribution >= 4 is 239 Å². The van der Waals surface area contributed by atoms with Crippen LogP contribution in [0.15, 0.2) is 158 Å². The van der Waals surface area contributed by atoms with Crippen LogP contribution in [0.2, 0.25) is 0 Å². The van der Waals surface area contributed by atoms with Gasteiger partial charge in [0.05, 0.1) is 56.9 Å². The largest absolute Gasteiger partial charge is 0.812 e. The molecule has 10 rings (SSSR count). The van der Waals surface area contributed by atoms with Crippen LogP contribution in [0, 0.1) is 16.7 Å². The van der Waals surface area contributed by atoms with Gasteiger partial charge in [0.15, 0.2) is 20.1 Å². The Morgan fingerprint density at radius 1 is 0.465 bits per heavy atom. The third-order valence-corrected chi connectivity index (χ3v) is 33.2. The summed E-state index contributed by atoms with van der Waals surface area (Å²) >= 11 is 25.7. The molecule has 10 aromatic rings. The van der Waals surface area contributed by atoms with Crippen LogP contribution in [0.1, 0.15) is 119 Å². The smallest absolute Gasteiger partial charge is 0.329 e. The molecule has 0 spiro atoms. The highest BCUT2D eigenvalue weighted by Crippen LogP contribution is 2.52. The number of nitrogens with two attached hydrogens (primary N) is 2. The number of halogens is 1. The Balaban J connectivity index is 0. The van der Waals surface area contributed by atoms with E-state index in [1.54, 1.807) is 59.0 Å². The number of carbonyl (C=O) groups is 7. The Hall–Kier alpha value is -6.62. The van der Waals surface area contributed by atoms with Crippen molar-refractivity contribution in [3.63, 3.8) is 0 Å². The van der Waals surface area contributed by atoms with Crippen molar-refractivity contribution in [3.8, 4) is 17.6 Å². The number of nitrogens with zero attached hydrogens (tertiary/aromatic N) is 2. The summed E-state index contributed by atoms with van der Waals surface area (Å²) in [7, 11) is 16.7. The van der Waals surface area contributed by atoms with Gasteiger partial charge in [-0.15, -0.1) is 11.8 Å². The number of benzene rings is 10. The molecule has 0 fully saturated rings. The van der Waals surface area contributed by atoms with E-state index in [2.05, 4.69) is 193 Å². The second-order valence-electron chi connectivity index (χ2n) is 28.1. The van der Waals surface area contributed by atoms with Crippen molar-refractivity contribution < 1.29 is 151 Å². The fraction of sp³-hybridized carbons (Fsp3) is 0.435. The minimum atomic E-state index is -4.00. The first-order valence-corrected chi connectivity index (χ1v) is 61.5. The Morgan fingerprint density at radius 2 is 0.847 bits per heavy atom. The van der Waals surface area contributed by atoms with E-state index in [4.69, 9.17) is 137 Å². The summed E-state index contributed by atoms with van der Waals surface area (Å²) in [6.45, 7) is 0.438. The van der Waals surface area contributed by atoms with Crippen LogP contribution >= 0.6 is 74.1 Å². The maximum Gasteiger partial charge on any atom is 0.329 e. The van der Waals surface area contributed by atoms with Gasteiger partial charge in [0.25, 0.3) is 11.8 Å². The van der Waals surface area contributed by atoms with E-state index in [1.165, 1.54) is 116 Å². The van der Waals surface area contributed by atoms with E-state index in [9.17, 15) is 52.8 Å². The van der Waals surface area contributed by atoms with Gasteiger partial charge in [-0.1, -0.05) is 178 Å². The van der Waals surface area contributed by atoms with E-state index in [0.717, 1.165) is 93.3 Å². The highest BCUT2D eigenvalue weighted by atomic mass is 127. The average Bonchev–Trinajstić information content (AvgIpc) is 0.744. The molecule has 2 unspecified atom stereocenters. The standard InChI is InChI=1S/C20H18NO4PS.C19H14INO.C14H21NO2.C13H23O9PS.C11H15NO2.C4H7N.C4H11O3PS.2C3H9O3PS.CH5O3PS.2H3NO/c1-25-26(23,24)27-12-18(22)21-11-16-8-7-15-6-5-13-3-2-4-14-9-10-17(16)20(15)19(13)14;20-10-17(22)21-11-15-7-6-14-5-4-12-2-1-3-13-8-9-16(15)19(14)18(12)13;1-4-10-15(11-5-2)14(16)12-6-8-13(17-3)9-7-12;1-6-19-11(15)13(8-21-10(3)14,12(16)20-7-2)9-22-23(24,17-4)18-5;1-3-8-12-11(13)9-4-6-10(14-2)7-5-9;1-2-3-4-5;1-4-7-8(9,5-2)6-3;1-5-7(2,8)6-3-4;1-4-7(8,5-2)6-3;1-4-5(2,3)6;2*1-2/h2-10H,11-12H2,1H3,(H,21,22)(H,23,24);1-9H,10-11H2,(H,21,22);6-9H,4-5,10-11H2,1-3H3;6-9H2,1-5H3;4-7H,3,8H2,1-2H3,(H,12,13);2-3H2,1H3;4H2,1-3H3;4H,3H2,1-2H3;1-3H3;1H3,(H2,2,3,6);2*2H,1H2/p-3. The lowest BCUT2D eigenvalue weighted by Crippen LogP contribution is -2.49. The molecule has 0 aliphatic rings. The van der Waals surface area contributed by atoms with E-state index >= 15 is 0 Å². The molecular formula is C92H135IN7O32P6S6-3. The van der Waals surface area contributed by atoms with Gasteiger partial charge in [0, 0.05) is 135 Å². The maximum absolute atomic E-state index is 12.4. The first kappa shape index (κ1) is 139. The third kappa shape index (κ3) is 51.3.